The van der Waals surface area contributed by atoms with E-state index >= 15 is 0 Å². The third-order valence-corrected chi connectivity index (χ3v) is 2.84. The van der Waals surface area contributed by atoms with Gasteiger partial charge >= 0.3 is 5.97 Å². The Hall–Kier alpha value is -1.17. The molecule has 0 fully saturated rings. The Morgan fingerprint density at radius 3 is 2.47 bits per heavy atom. The van der Waals surface area contributed by atoms with Gasteiger partial charge in [-0.1, -0.05) is 12.2 Å². The number of amides is 1. The van der Waals surface area contributed by atoms with E-state index < -0.39 is 5.41 Å². The number of hydrogen-bond acceptors (Lipinski definition) is 4. The number of nitrogens with two attached hydrogens (primary N) is 1. The van der Waals surface area contributed by atoms with Crippen molar-refractivity contribution in [2.75, 3.05) is 13.2 Å². The summed E-state index contributed by atoms with van der Waals surface area (Å²) in [6, 6.07) is 0. The first-order valence-corrected chi connectivity index (χ1v) is 5.97. The standard InChI is InChI=1S/C11H20N2O3S/c1-4-16-8(14)6-5-7-13-10(15)11(2,3)9(12)17/h4-7H2,1-3H3,(H2,12,17)(H,13,15). The maximum atomic E-state index is 11.7. The number of thiocarbonyl (C=S) groups is 1. The fourth-order valence-electron chi connectivity index (χ4n) is 1.00. The summed E-state index contributed by atoms with van der Waals surface area (Å²) in [4.78, 5) is 22.9. The Bertz CT molecular complexity index is 303. The van der Waals surface area contributed by atoms with Gasteiger partial charge in [-0.05, 0) is 27.2 Å². The highest BCUT2D eigenvalue weighted by Gasteiger charge is 2.30. The van der Waals surface area contributed by atoms with E-state index in [0.717, 1.165) is 0 Å². The van der Waals surface area contributed by atoms with Crippen molar-refractivity contribution in [3.8, 4) is 0 Å². The Morgan fingerprint density at radius 2 is 2.00 bits per heavy atom. The van der Waals surface area contributed by atoms with E-state index in [1.807, 2.05) is 0 Å². The van der Waals surface area contributed by atoms with Crippen LogP contribution in [0.5, 0.6) is 0 Å². The molecule has 0 aliphatic rings. The molecule has 0 spiro atoms. The molecule has 0 radical (unpaired) electrons. The summed E-state index contributed by atoms with van der Waals surface area (Å²) in [7, 11) is 0. The Balaban J connectivity index is 3.87. The Morgan fingerprint density at radius 1 is 1.41 bits per heavy atom. The lowest BCUT2D eigenvalue weighted by Gasteiger charge is -2.21. The molecule has 0 unspecified atom stereocenters. The number of carbonyl (C=O) groups is 2. The monoisotopic (exact) mass is 260 g/mol. The lowest BCUT2D eigenvalue weighted by molar-refractivity contribution is -0.143. The van der Waals surface area contributed by atoms with Crippen LogP contribution in [0.3, 0.4) is 0 Å². The summed E-state index contributed by atoms with van der Waals surface area (Å²) in [6.07, 6.45) is 0.833. The maximum absolute atomic E-state index is 11.7. The first-order valence-electron chi connectivity index (χ1n) is 5.56. The molecule has 0 rings (SSSR count). The van der Waals surface area contributed by atoms with Gasteiger partial charge < -0.3 is 15.8 Å². The van der Waals surface area contributed by atoms with Crippen LogP contribution in [0.15, 0.2) is 0 Å². The van der Waals surface area contributed by atoms with Crippen LogP contribution < -0.4 is 11.1 Å². The largest absolute Gasteiger partial charge is 0.466 e. The molecule has 0 bridgehead atoms. The number of hydrogen-bond donors (Lipinski definition) is 2. The van der Waals surface area contributed by atoms with Gasteiger partial charge in [0.25, 0.3) is 0 Å². The van der Waals surface area contributed by atoms with Crippen LogP contribution in [0, 0.1) is 5.41 Å². The average Bonchev–Trinajstić information content (AvgIpc) is 2.24. The topological polar surface area (TPSA) is 81.4 Å². The van der Waals surface area contributed by atoms with E-state index in [9.17, 15) is 9.59 Å². The minimum atomic E-state index is -0.862. The maximum Gasteiger partial charge on any atom is 0.305 e. The van der Waals surface area contributed by atoms with Crippen molar-refractivity contribution in [3.05, 3.63) is 0 Å². The summed E-state index contributed by atoms with van der Waals surface area (Å²) >= 11 is 4.81. The molecule has 5 nitrogen and oxygen atoms in total. The van der Waals surface area contributed by atoms with Crippen LogP contribution in [0.1, 0.15) is 33.6 Å². The predicted octanol–water partition coefficient (Wildman–Crippen LogP) is 0.758. The smallest absolute Gasteiger partial charge is 0.305 e. The molecule has 3 N–H and O–H groups in total. The molecular formula is C11H20N2O3S. The molecule has 6 heteroatoms. The van der Waals surface area contributed by atoms with Crippen LogP contribution in [0.4, 0.5) is 0 Å². The van der Waals surface area contributed by atoms with Crippen molar-refractivity contribution >= 4 is 29.1 Å². The van der Waals surface area contributed by atoms with Gasteiger partial charge in [0.2, 0.25) is 5.91 Å². The third kappa shape index (κ3) is 5.63. The van der Waals surface area contributed by atoms with Crippen LogP contribution >= 0.6 is 12.2 Å². The minimum absolute atomic E-state index is 0.153. The highest BCUT2D eigenvalue weighted by atomic mass is 32.1. The van der Waals surface area contributed by atoms with E-state index in [4.69, 9.17) is 22.7 Å². The average molecular weight is 260 g/mol. The molecule has 1 amide bonds. The second-order valence-electron chi connectivity index (χ2n) is 4.15. The number of rotatable bonds is 7. The molecule has 0 aliphatic carbocycles. The van der Waals surface area contributed by atoms with Gasteiger partial charge in [0.1, 0.15) is 0 Å². The van der Waals surface area contributed by atoms with E-state index in [1.54, 1.807) is 20.8 Å². The van der Waals surface area contributed by atoms with Crippen molar-refractivity contribution in [1.82, 2.24) is 5.32 Å². The molecule has 98 valence electrons. The van der Waals surface area contributed by atoms with Gasteiger partial charge in [0, 0.05) is 13.0 Å². The molecule has 0 aromatic carbocycles. The quantitative estimate of drug-likeness (QED) is 0.401. The van der Waals surface area contributed by atoms with Gasteiger partial charge in [0.15, 0.2) is 0 Å². The normalized spacial score (nSPS) is 10.8. The number of carbonyl (C=O) groups excluding carboxylic acids is 2. The van der Waals surface area contributed by atoms with Crippen molar-refractivity contribution in [3.63, 3.8) is 0 Å². The van der Waals surface area contributed by atoms with E-state index in [-0.39, 0.29) is 16.9 Å². The molecule has 0 saturated heterocycles. The van der Waals surface area contributed by atoms with Gasteiger partial charge in [-0.2, -0.15) is 0 Å². The summed E-state index contributed by atoms with van der Waals surface area (Å²) in [5, 5.41) is 2.69. The Labute approximate surface area is 107 Å². The van der Waals surface area contributed by atoms with Gasteiger partial charge in [-0.3, -0.25) is 9.59 Å². The number of esters is 1. The molecule has 0 aromatic rings. The van der Waals surface area contributed by atoms with Gasteiger partial charge in [-0.15, -0.1) is 0 Å². The molecule has 0 atom stereocenters. The fraction of sp³-hybridized carbons (Fsp3) is 0.727. The number of nitrogens with one attached hydrogen (secondary N) is 1. The molecule has 0 heterocycles. The SMILES string of the molecule is CCOC(=O)CCCNC(=O)C(C)(C)C(N)=S. The zero-order valence-electron chi connectivity index (χ0n) is 10.5. The highest BCUT2D eigenvalue weighted by Crippen LogP contribution is 2.15. The van der Waals surface area contributed by atoms with Crippen molar-refractivity contribution in [2.45, 2.75) is 33.6 Å². The first-order chi connectivity index (χ1) is 7.82. The zero-order valence-corrected chi connectivity index (χ0v) is 11.4. The molecule has 0 aliphatic heterocycles. The van der Waals surface area contributed by atoms with E-state index in [0.29, 0.717) is 26.0 Å². The Kier molecular flexibility index (Phi) is 6.72. The first kappa shape index (κ1) is 15.8. The molecule has 0 aromatic heterocycles. The van der Waals surface area contributed by atoms with Crippen LogP contribution in [0.25, 0.3) is 0 Å². The predicted molar refractivity (Wildman–Crippen MR) is 69.4 cm³/mol. The van der Waals surface area contributed by atoms with Crippen LogP contribution in [0.2, 0.25) is 0 Å². The van der Waals surface area contributed by atoms with Crippen molar-refractivity contribution in [1.29, 1.82) is 0 Å². The van der Waals surface area contributed by atoms with Gasteiger partial charge in [0.05, 0.1) is 17.0 Å². The number of ether oxygens (including phenoxy) is 1. The molecular weight excluding hydrogens is 240 g/mol. The van der Waals surface area contributed by atoms with E-state index in [2.05, 4.69) is 5.32 Å². The summed E-state index contributed by atoms with van der Waals surface area (Å²) in [5.74, 6) is -0.482. The van der Waals surface area contributed by atoms with Crippen molar-refractivity contribution < 1.29 is 14.3 Å². The van der Waals surface area contributed by atoms with Crippen LogP contribution in [-0.4, -0.2) is 30.0 Å². The lowest BCUT2D eigenvalue weighted by atomic mass is 9.92. The summed E-state index contributed by atoms with van der Waals surface area (Å²) < 4.78 is 4.76. The van der Waals surface area contributed by atoms with Gasteiger partial charge in [-0.25, -0.2) is 0 Å². The minimum Gasteiger partial charge on any atom is -0.466 e. The summed E-state index contributed by atoms with van der Waals surface area (Å²) in [6.45, 7) is 5.86. The second kappa shape index (κ2) is 7.21. The highest BCUT2D eigenvalue weighted by molar-refractivity contribution is 7.80. The fourth-order valence-corrected chi connectivity index (χ4v) is 1.09. The van der Waals surface area contributed by atoms with Crippen molar-refractivity contribution in [2.24, 2.45) is 11.1 Å². The van der Waals surface area contributed by atoms with Crippen LogP contribution in [-0.2, 0) is 14.3 Å². The lowest BCUT2D eigenvalue weighted by Crippen LogP contribution is -2.45. The molecule has 17 heavy (non-hydrogen) atoms. The molecule has 0 saturated carbocycles. The second-order valence-corrected chi connectivity index (χ2v) is 4.59. The zero-order chi connectivity index (χ0) is 13.5. The third-order valence-electron chi connectivity index (χ3n) is 2.33. The van der Waals surface area contributed by atoms with E-state index in [1.165, 1.54) is 0 Å². The summed E-state index contributed by atoms with van der Waals surface area (Å²) in [5.41, 5.74) is 4.60.